The molecular formula is C19H20N2O3. The zero-order chi connectivity index (χ0) is 17.1. The molecule has 0 aliphatic carbocycles. The van der Waals surface area contributed by atoms with Gasteiger partial charge in [0.1, 0.15) is 5.69 Å². The lowest BCUT2D eigenvalue weighted by atomic mass is 10.0. The predicted octanol–water partition coefficient (Wildman–Crippen LogP) is 2.94. The van der Waals surface area contributed by atoms with Crippen molar-refractivity contribution in [1.29, 1.82) is 0 Å². The van der Waals surface area contributed by atoms with E-state index in [2.05, 4.69) is 36.2 Å². The number of likely N-dealkylation sites (tertiary alicyclic amines) is 1. The first kappa shape index (κ1) is 16.2. The first-order valence-electron chi connectivity index (χ1n) is 8.10. The standard InChI is InChI=1S/C19H20N2O3/c1-13-4-6-14(7-5-13)11-16-3-2-10-21(16)18(22)15-8-9-20-17(12-15)19(23)24/h4-9,12,16H,2-3,10-11H2,1H3,(H,23,24). The molecule has 1 N–H and O–H groups in total. The molecule has 1 aromatic heterocycles. The summed E-state index contributed by atoms with van der Waals surface area (Å²) in [5.74, 6) is -1.24. The molecule has 0 spiro atoms. The third-order valence-electron chi connectivity index (χ3n) is 4.46. The summed E-state index contributed by atoms with van der Waals surface area (Å²) in [5, 5.41) is 9.04. The van der Waals surface area contributed by atoms with E-state index in [4.69, 9.17) is 5.11 Å². The smallest absolute Gasteiger partial charge is 0.354 e. The molecule has 1 atom stereocenters. The topological polar surface area (TPSA) is 70.5 Å². The molecule has 124 valence electrons. The number of rotatable bonds is 4. The molecule has 5 nitrogen and oxygen atoms in total. The van der Waals surface area contributed by atoms with Crippen molar-refractivity contribution in [2.45, 2.75) is 32.2 Å². The number of hydrogen-bond acceptors (Lipinski definition) is 3. The minimum atomic E-state index is -1.12. The van der Waals surface area contributed by atoms with Gasteiger partial charge in [-0.15, -0.1) is 0 Å². The SMILES string of the molecule is Cc1ccc(CC2CCCN2C(=O)c2ccnc(C(=O)O)c2)cc1. The van der Waals surface area contributed by atoms with Crippen LogP contribution in [0.15, 0.2) is 42.6 Å². The minimum Gasteiger partial charge on any atom is -0.477 e. The second kappa shape index (κ2) is 6.83. The highest BCUT2D eigenvalue weighted by Gasteiger charge is 2.29. The van der Waals surface area contributed by atoms with Gasteiger partial charge in [-0.25, -0.2) is 9.78 Å². The summed E-state index contributed by atoms with van der Waals surface area (Å²) in [6.07, 6.45) is 4.14. The Balaban J connectivity index is 1.77. The number of amides is 1. The fourth-order valence-corrected chi connectivity index (χ4v) is 3.16. The summed E-state index contributed by atoms with van der Waals surface area (Å²) in [4.78, 5) is 29.5. The van der Waals surface area contributed by atoms with Crippen LogP contribution in [0.25, 0.3) is 0 Å². The fraction of sp³-hybridized carbons (Fsp3) is 0.316. The van der Waals surface area contributed by atoms with E-state index in [0.717, 1.165) is 19.3 Å². The molecule has 0 radical (unpaired) electrons. The number of carbonyl (C=O) groups is 2. The van der Waals surface area contributed by atoms with Crippen molar-refractivity contribution in [2.24, 2.45) is 0 Å². The van der Waals surface area contributed by atoms with E-state index in [9.17, 15) is 9.59 Å². The van der Waals surface area contributed by atoms with E-state index in [1.54, 1.807) is 6.07 Å². The number of carboxylic acid groups (broad SMARTS) is 1. The lowest BCUT2D eigenvalue weighted by molar-refractivity contribution is 0.0690. The lowest BCUT2D eigenvalue weighted by Crippen LogP contribution is -2.37. The van der Waals surface area contributed by atoms with Crippen LogP contribution < -0.4 is 0 Å². The molecule has 1 fully saturated rings. The van der Waals surface area contributed by atoms with Gasteiger partial charge in [0.2, 0.25) is 0 Å². The monoisotopic (exact) mass is 324 g/mol. The maximum absolute atomic E-state index is 12.8. The van der Waals surface area contributed by atoms with E-state index >= 15 is 0 Å². The highest BCUT2D eigenvalue weighted by Crippen LogP contribution is 2.23. The second-order valence-corrected chi connectivity index (χ2v) is 6.22. The van der Waals surface area contributed by atoms with Gasteiger partial charge in [-0.1, -0.05) is 29.8 Å². The number of aromatic carboxylic acids is 1. The number of hydrogen-bond donors (Lipinski definition) is 1. The van der Waals surface area contributed by atoms with Crippen molar-refractivity contribution < 1.29 is 14.7 Å². The molecule has 1 aliphatic heterocycles. The van der Waals surface area contributed by atoms with E-state index in [1.165, 1.54) is 23.4 Å². The van der Waals surface area contributed by atoms with Gasteiger partial charge in [-0.3, -0.25) is 4.79 Å². The molecule has 24 heavy (non-hydrogen) atoms. The van der Waals surface area contributed by atoms with E-state index in [0.29, 0.717) is 12.1 Å². The van der Waals surface area contributed by atoms with Gasteiger partial charge < -0.3 is 10.0 Å². The average molecular weight is 324 g/mol. The Bertz CT molecular complexity index is 755. The Morgan fingerprint density at radius 3 is 2.71 bits per heavy atom. The van der Waals surface area contributed by atoms with Crippen molar-refractivity contribution in [2.75, 3.05) is 6.54 Å². The van der Waals surface area contributed by atoms with Crippen LogP contribution in [-0.2, 0) is 6.42 Å². The minimum absolute atomic E-state index is 0.102. The van der Waals surface area contributed by atoms with Crippen LogP contribution in [0.1, 0.15) is 44.8 Å². The molecular weight excluding hydrogens is 304 g/mol. The van der Waals surface area contributed by atoms with Gasteiger partial charge in [-0.2, -0.15) is 0 Å². The van der Waals surface area contributed by atoms with Crippen molar-refractivity contribution in [3.05, 3.63) is 65.0 Å². The molecule has 1 amide bonds. The predicted molar refractivity (Wildman–Crippen MR) is 90.1 cm³/mol. The third-order valence-corrected chi connectivity index (χ3v) is 4.46. The summed E-state index contributed by atoms with van der Waals surface area (Å²) >= 11 is 0. The van der Waals surface area contributed by atoms with Gasteiger partial charge >= 0.3 is 5.97 Å². The van der Waals surface area contributed by atoms with Gasteiger partial charge in [0.15, 0.2) is 0 Å². The Kier molecular flexibility index (Phi) is 4.60. The van der Waals surface area contributed by atoms with E-state index < -0.39 is 5.97 Å². The molecule has 3 rings (SSSR count). The Labute approximate surface area is 140 Å². The largest absolute Gasteiger partial charge is 0.477 e. The highest BCUT2D eigenvalue weighted by molar-refractivity contribution is 5.97. The molecule has 0 bridgehead atoms. The van der Waals surface area contributed by atoms with Crippen LogP contribution >= 0.6 is 0 Å². The summed E-state index contributed by atoms with van der Waals surface area (Å²) in [5.41, 5.74) is 2.72. The van der Waals surface area contributed by atoms with Crippen LogP contribution in [0.5, 0.6) is 0 Å². The molecule has 0 saturated carbocycles. The normalized spacial score (nSPS) is 17.0. The maximum atomic E-state index is 12.8. The number of aromatic nitrogens is 1. The van der Waals surface area contributed by atoms with Gasteiger partial charge in [0.05, 0.1) is 0 Å². The third kappa shape index (κ3) is 3.45. The maximum Gasteiger partial charge on any atom is 0.354 e. The van der Waals surface area contributed by atoms with Crippen LogP contribution in [-0.4, -0.2) is 39.5 Å². The average Bonchev–Trinajstić information content (AvgIpc) is 3.04. The number of carbonyl (C=O) groups excluding carboxylic acids is 1. The first-order chi connectivity index (χ1) is 11.5. The van der Waals surface area contributed by atoms with Gasteiger partial charge in [0, 0.05) is 24.3 Å². The summed E-state index contributed by atoms with van der Waals surface area (Å²) in [6, 6.07) is 11.5. The zero-order valence-electron chi connectivity index (χ0n) is 13.6. The van der Waals surface area contributed by atoms with Crippen LogP contribution in [0.2, 0.25) is 0 Å². The summed E-state index contributed by atoms with van der Waals surface area (Å²) in [6.45, 7) is 2.76. The van der Waals surface area contributed by atoms with Gasteiger partial charge in [0.25, 0.3) is 5.91 Å². The molecule has 1 aromatic carbocycles. The summed E-state index contributed by atoms with van der Waals surface area (Å²) in [7, 11) is 0. The van der Waals surface area contributed by atoms with Gasteiger partial charge in [-0.05, 0) is 43.9 Å². The highest BCUT2D eigenvalue weighted by atomic mass is 16.4. The Morgan fingerprint density at radius 1 is 1.25 bits per heavy atom. The number of nitrogens with zero attached hydrogens (tertiary/aromatic N) is 2. The van der Waals surface area contributed by atoms with E-state index in [-0.39, 0.29) is 17.6 Å². The quantitative estimate of drug-likeness (QED) is 0.938. The van der Waals surface area contributed by atoms with Crippen molar-refractivity contribution in [1.82, 2.24) is 9.88 Å². The van der Waals surface area contributed by atoms with Crippen molar-refractivity contribution >= 4 is 11.9 Å². The van der Waals surface area contributed by atoms with Crippen LogP contribution in [0, 0.1) is 6.92 Å². The number of carboxylic acids is 1. The molecule has 5 heteroatoms. The number of aryl methyl sites for hydroxylation is 1. The fourth-order valence-electron chi connectivity index (χ4n) is 3.16. The lowest BCUT2D eigenvalue weighted by Gasteiger charge is -2.25. The van der Waals surface area contributed by atoms with Crippen molar-refractivity contribution in [3.63, 3.8) is 0 Å². The molecule has 1 unspecified atom stereocenters. The molecule has 1 saturated heterocycles. The molecule has 2 heterocycles. The van der Waals surface area contributed by atoms with Crippen molar-refractivity contribution in [3.8, 4) is 0 Å². The molecule has 1 aliphatic rings. The second-order valence-electron chi connectivity index (χ2n) is 6.22. The Morgan fingerprint density at radius 2 is 2.00 bits per heavy atom. The van der Waals surface area contributed by atoms with Crippen LogP contribution in [0.4, 0.5) is 0 Å². The number of pyridine rings is 1. The van der Waals surface area contributed by atoms with E-state index in [1.807, 2.05) is 4.90 Å². The summed E-state index contributed by atoms with van der Waals surface area (Å²) < 4.78 is 0. The number of benzene rings is 1. The zero-order valence-corrected chi connectivity index (χ0v) is 13.6. The first-order valence-corrected chi connectivity index (χ1v) is 8.10. The molecule has 2 aromatic rings. The van der Waals surface area contributed by atoms with Crippen LogP contribution in [0.3, 0.4) is 0 Å². The Hall–Kier alpha value is -2.69.